The Balaban J connectivity index is 2.05. The van der Waals surface area contributed by atoms with Gasteiger partial charge in [-0.3, -0.25) is 9.67 Å². The van der Waals surface area contributed by atoms with Gasteiger partial charge in [0.05, 0.1) is 17.8 Å². The van der Waals surface area contributed by atoms with E-state index in [1.165, 1.54) is 10.9 Å². The number of para-hydroxylation sites is 1. The molecule has 3 rings (SSSR count). The number of rotatable bonds is 4. The molecular formula is C18H21N3O. The molecule has 4 heteroatoms. The lowest BCUT2D eigenvalue weighted by atomic mass is 10.1. The standard InChI is InChI=1S/C18H21N3O/c1-12-10-15(17-6-4-5-7-18(17)19-12)11-21-14(3)16(8-9-22)13(2)20-21/h4-7,10,22H,8-9,11H2,1-3H3. The third-order valence-corrected chi connectivity index (χ3v) is 4.14. The van der Waals surface area contributed by atoms with Gasteiger partial charge in [-0.2, -0.15) is 5.10 Å². The Morgan fingerprint density at radius 2 is 1.91 bits per heavy atom. The van der Waals surface area contributed by atoms with Crippen LogP contribution >= 0.6 is 0 Å². The minimum atomic E-state index is 0.157. The molecular weight excluding hydrogens is 274 g/mol. The summed E-state index contributed by atoms with van der Waals surface area (Å²) in [5.41, 5.74) is 6.55. The van der Waals surface area contributed by atoms with Crippen LogP contribution < -0.4 is 0 Å². The number of pyridine rings is 1. The molecule has 0 unspecified atom stereocenters. The molecule has 0 amide bonds. The second-order valence-electron chi connectivity index (χ2n) is 5.72. The van der Waals surface area contributed by atoms with Gasteiger partial charge < -0.3 is 5.11 Å². The molecule has 1 N–H and O–H groups in total. The summed E-state index contributed by atoms with van der Waals surface area (Å²) in [5, 5.41) is 15.0. The number of aliphatic hydroxyl groups excluding tert-OH is 1. The fraction of sp³-hybridized carbons (Fsp3) is 0.333. The van der Waals surface area contributed by atoms with E-state index in [2.05, 4.69) is 29.1 Å². The lowest BCUT2D eigenvalue weighted by molar-refractivity contribution is 0.299. The molecule has 3 aromatic rings. The Morgan fingerprint density at radius 3 is 2.68 bits per heavy atom. The van der Waals surface area contributed by atoms with E-state index in [1.54, 1.807) is 0 Å². The summed E-state index contributed by atoms with van der Waals surface area (Å²) in [6, 6.07) is 10.3. The fourth-order valence-electron chi connectivity index (χ4n) is 3.05. The van der Waals surface area contributed by atoms with Gasteiger partial charge in [0.1, 0.15) is 0 Å². The van der Waals surface area contributed by atoms with Crippen LogP contribution in [0, 0.1) is 20.8 Å². The van der Waals surface area contributed by atoms with Crippen LogP contribution in [-0.2, 0) is 13.0 Å². The van der Waals surface area contributed by atoms with Gasteiger partial charge in [-0.05, 0) is 50.5 Å². The Hall–Kier alpha value is -2.20. The third kappa shape index (κ3) is 2.62. The molecule has 0 saturated heterocycles. The molecule has 2 aromatic heterocycles. The Labute approximate surface area is 130 Å². The Morgan fingerprint density at radius 1 is 1.14 bits per heavy atom. The number of aliphatic hydroxyl groups is 1. The maximum absolute atomic E-state index is 9.20. The predicted octanol–water partition coefficient (Wildman–Crippen LogP) is 2.94. The van der Waals surface area contributed by atoms with Crippen molar-refractivity contribution in [3.63, 3.8) is 0 Å². The number of hydrogen-bond donors (Lipinski definition) is 1. The average molecular weight is 295 g/mol. The van der Waals surface area contributed by atoms with Crippen LogP contribution in [0.5, 0.6) is 0 Å². The summed E-state index contributed by atoms with van der Waals surface area (Å²) in [7, 11) is 0. The first-order chi connectivity index (χ1) is 10.6. The van der Waals surface area contributed by atoms with E-state index in [4.69, 9.17) is 0 Å². The van der Waals surface area contributed by atoms with Crippen LogP contribution in [0.1, 0.15) is 28.2 Å². The van der Waals surface area contributed by atoms with E-state index in [1.807, 2.05) is 36.7 Å². The molecule has 0 bridgehead atoms. The highest BCUT2D eigenvalue weighted by molar-refractivity contribution is 5.82. The van der Waals surface area contributed by atoms with Crippen molar-refractivity contribution in [1.29, 1.82) is 0 Å². The number of aromatic nitrogens is 3. The van der Waals surface area contributed by atoms with Crippen LogP contribution in [0.3, 0.4) is 0 Å². The molecule has 114 valence electrons. The van der Waals surface area contributed by atoms with Gasteiger partial charge in [0.25, 0.3) is 0 Å². The zero-order valence-corrected chi connectivity index (χ0v) is 13.3. The quantitative estimate of drug-likeness (QED) is 0.805. The molecule has 1 aromatic carbocycles. The van der Waals surface area contributed by atoms with Crippen LogP contribution in [-0.4, -0.2) is 26.5 Å². The van der Waals surface area contributed by atoms with Gasteiger partial charge in [-0.25, -0.2) is 0 Å². The Kier molecular flexibility index (Phi) is 3.94. The van der Waals surface area contributed by atoms with Crippen molar-refractivity contribution in [3.05, 3.63) is 58.5 Å². The second-order valence-corrected chi connectivity index (χ2v) is 5.72. The number of hydrogen-bond acceptors (Lipinski definition) is 3. The molecule has 0 fully saturated rings. The van der Waals surface area contributed by atoms with E-state index in [0.29, 0.717) is 6.42 Å². The largest absolute Gasteiger partial charge is 0.396 e. The second kappa shape index (κ2) is 5.89. The first-order valence-electron chi connectivity index (χ1n) is 7.59. The van der Waals surface area contributed by atoms with Crippen LogP contribution in [0.2, 0.25) is 0 Å². The summed E-state index contributed by atoms with van der Waals surface area (Å²) >= 11 is 0. The fourth-order valence-corrected chi connectivity index (χ4v) is 3.05. The number of aryl methyl sites for hydroxylation is 2. The van der Waals surface area contributed by atoms with Crippen LogP contribution in [0.15, 0.2) is 30.3 Å². The molecule has 4 nitrogen and oxygen atoms in total. The molecule has 22 heavy (non-hydrogen) atoms. The minimum absolute atomic E-state index is 0.157. The van der Waals surface area contributed by atoms with E-state index >= 15 is 0 Å². The van der Waals surface area contributed by atoms with Gasteiger partial charge in [0.15, 0.2) is 0 Å². The molecule has 0 aliphatic rings. The van der Waals surface area contributed by atoms with Crippen molar-refractivity contribution >= 4 is 10.9 Å². The summed E-state index contributed by atoms with van der Waals surface area (Å²) in [6.45, 7) is 6.98. The van der Waals surface area contributed by atoms with E-state index < -0.39 is 0 Å². The molecule has 2 heterocycles. The topological polar surface area (TPSA) is 50.9 Å². The zero-order chi connectivity index (χ0) is 15.7. The predicted molar refractivity (Wildman–Crippen MR) is 88.1 cm³/mol. The lowest BCUT2D eigenvalue weighted by Gasteiger charge is -2.10. The summed E-state index contributed by atoms with van der Waals surface area (Å²) in [5.74, 6) is 0. The molecule has 0 aliphatic heterocycles. The highest BCUT2D eigenvalue weighted by Crippen LogP contribution is 2.21. The molecule has 0 radical (unpaired) electrons. The van der Waals surface area contributed by atoms with E-state index in [-0.39, 0.29) is 6.61 Å². The maximum atomic E-state index is 9.20. The normalized spacial score (nSPS) is 11.3. The summed E-state index contributed by atoms with van der Waals surface area (Å²) in [6.07, 6.45) is 0.661. The highest BCUT2D eigenvalue weighted by Gasteiger charge is 2.12. The highest BCUT2D eigenvalue weighted by atomic mass is 16.2. The average Bonchev–Trinajstić information content (AvgIpc) is 2.75. The number of benzene rings is 1. The van der Waals surface area contributed by atoms with E-state index in [9.17, 15) is 5.11 Å². The molecule has 0 saturated carbocycles. The summed E-state index contributed by atoms with van der Waals surface area (Å²) < 4.78 is 2.03. The van der Waals surface area contributed by atoms with Gasteiger partial charge >= 0.3 is 0 Å². The first kappa shape index (κ1) is 14.7. The SMILES string of the molecule is Cc1cc(Cn2nc(C)c(CCO)c2C)c2ccccc2n1. The van der Waals surface area contributed by atoms with Crippen molar-refractivity contribution in [2.45, 2.75) is 33.7 Å². The lowest BCUT2D eigenvalue weighted by Crippen LogP contribution is -2.06. The van der Waals surface area contributed by atoms with Crippen molar-refractivity contribution in [2.24, 2.45) is 0 Å². The van der Waals surface area contributed by atoms with Crippen molar-refractivity contribution < 1.29 is 5.11 Å². The molecule has 0 aliphatic carbocycles. The van der Waals surface area contributed by atoms with Crippen molar-refractivity contribution in [2.75, 3.05) is 6.61 Å². The summed E-state index contributed by atoms with van der Waals surface area (Å²) in [4.78, 5) is 4.59. The van der Waals surface area contributed by atoms with Gasteiger partial charge in [-0.15, -0.1) is 0 Å². The van der Waals surface area contributed by atoms with Gasteiger partial charge in [-0.1, -0.05) is 18.2 Å². The first-order valence-corrected chi connectivity index (χ1v) is 7.59. The smallest absolute Gasteiger partial charge is 0.0708 e. The third-order valence-electron chi connectivity index (χ3n) is 4.14. The van der Waals surface area contributed by atoms with Crippen molar-refractivity contribution in [3.8, 4) is 0 Å². The van der Waals surface area contributed by atoms with E-state index in [0.717, 1.165) is 34.7 Å². The maximum Gasteiger partial charge on any atom is 0.0708 e. The Bertz CT molecular complexity index is 821. The van der Waals surface area contributed by atoms with Gasteiger partial charge in [0, 0.05) is 23.4 Å². The minimum Gasteiger partial charge on any atom is -0.396 e. The monoisotopic (exact) mass is 295 g/mol. The number of fused-ring (bicyclic) bond motifs is 1. The zero-order valence-electron chi connectivity index (χ0n) is 13.3. The molecule has 0 spiro atoms. The van der Waals surface area contributed by atoms with Crippen molar-refractivity contribution in [1.82, 2.24) is 14.8 Å². The number of nitrogens with zero attached hydrogens (tertiary/aromatic N) is 3. The van der Waals surface area contributed by atoms with Crippen LogP contribution in [0.4, 0.5) is 0 Å². The molecule has 0 atom stereocenters. The van der Waals surface area contributed by atoms with Gasteiger partial charge in [0.2, 0.25) is 0 Å². The van der Waals surface area contributed by atoms with Crippen LogP contribution in [0.25, 0.3) is 10.9 Å².